The quantitative estimate of drug-likeness (QED) is 0.273. The molecule has 5 nitrogen and oxygen atoms in total. The van der Waals surface area contributed by atoms with Crippen LogP contribution in [-0.4, -0.2) is 30.9 Å². The molecule has 0 atom stereocenters. The third kappa shape index (κ3) is 7.69. The van der Waals surface area contributed by atoms with Gasteiger partial charge >= 0.3 is 21.6 Å². The Bertz CT molecular complexity index is 771. The van der Waals surface area contributed by atoms with Crippen molar-refractivity contribution in [3.05, 3.63) is 41.0 Å². The van der Waals surface area contributed by atoms with Gasteiger partial charge < -0.3 is 8.98 Å². The molecule has 0 aliphatic rings. The first-order valence-electron chi connectivity index (χ1n) is 7.68. The second-order valence-corrected chi connectivity index (χ2v) is 7.66. The summed E-state index contributed by atoms with van der Waals surface area (Å²) < 4.78 is 69.1. The Labute approximate surface area is 154 Å². The molecular weight excluding hydrogens is 393 g/mol. The van der Waals surface area contributed by atoms with Gasteiger partial charge in [-0.2, -0.15) is 25.8 Å². The Morgan fingerprint density at radius 2 is 1.96 bits per heavy atom. The van der Waals surface area contributed by atoms with Crippen molar-refractivity contribution in [2.24, 2.45) is 0 Å². The van der Waals surface area contributed by atoms with Crippen molar-refractivity contribution in [3.63, 3.8) is 0 Å². The van der Waals surface area contributed by atoms with E-state index >= 15 is 0 Å². The van der Waals surface area contributed by atoms with E-state index in [0.717, 1.165) is 6.26 Å². The standard InChI is InChI=1S/C16H19F3O5S2/c1-4-6-7-14(23-25-16(17,18)19)13-10-12(9-8-11(13)5-2)15(20)24-26(3,21)22/h7-10H,4-6H2,1-3H3/p+1/b14-7-. The lowest BCUT2D eigenvalue weighted by molar-refractivity contribution is -0.0375. The summed E-state index contributed by atoms with van der Waals surface area (Å²) in [5.41, 5.74) is -3.58. The molecule has 1 rings (SSSR count). The summed E-state index contributed by atoms with van der Waals surface area (Å²) in [4.78, 5) is 9.83. The maximum atomic E-state index is 12.5. The number of hydrogen-bond acceptors (Lipinski definition) is 5. The van der Waals surface area contributed by atoms with Crippen LogP contribution in [0.1, 0.15) is 43.4 Å². The van der Waals surface area contributed by atoms with Gasteiger partial charge in [-0.3, -0.25) is 0 Å². The predicted molar refractivity (Wildman–Crippen MR) is 95.4 cm³/mol. The fourth-order valence-corrected chi connectivity index (χ4v) is 2.72. The van der Waals surface area contributed by atoms with E-state index in [1.807, 2.05) is 13.8 Å². The minimum absolute atomic E-state index is 0.00521. The number of unbranched alkanes of at least 4 members (excludes halogenated alkanes) is 1. The minimum atomic E-state index is -4.58. The largest absolute Gasteiger partial charge is 0.535 e. The van der Waals surface area contributed by atoms with E-state index in [9.17, 15) is 26.4 Å². The van der Waals surface area contributed by atoms with E-state index in [2.05, 4.69) is 4.18 Å². The molecule has 1 N–H and O–H groups in total. The molecule has 0 fully saturated rings. The highest BCUT2D eigenvalue weighted by atomic mass is 32.2. The highest BCUT2D eigenvalue weighted by Gasteiger charge is 2.32. The van der Waals surface area contributed by atoms with Gasteiger partial charge in [-0.25, -0.2) is 0 Å². The zero-order valence-electron chi connectivity index (χ0n) is 14.5. The van der Waals surface area contributed by atoms with Gasteiger partial charge in [0.05, 0.1) is 0 Å². The maximum Gasteiger partial charge on any atom is 0.535 e. The lowest BCUT2D eigenvalue weighted by Crippen LogP contribution is -2.13. The summed E-state index contributed by atoms with van der Waals surface area (Å²) in [5.74, 6) is -0.880. The summed E-state index contributed by atoms with van der Waals surface area (Å²) >= 11 is -0.634. The number of halogens is 3. The molecule has 0 unspecified atom stereocenters. The van der Waals surface area contributed by atoms with E-state index in [-0.39, 0.29) is 11.3 Å². The van der Waals surface area contributed by atoms with Crippen LogP contribution in [0.5, 0.6) is 0 Å². The van der Waals surface area contributed by atoms with E-state index < -0.39 is 33.6 Å². The fourth-order valence-electron chi connectivity index (χ4n) is 2.00. The highest BCUT2D eigenvalue weighted by Crippen LogP contribution is 2.36. The van der Waals surface area contributed by atoms with Crippen LogP contribution in [0.3, 0.4) is 0 Å². The van der Waals surface area contributed by atoms with Gasteiger partial charge in [0.2, 0.25) is 0 Å². The lowest BCUT2D eigenvalue weighted by Gasteiger charge is -2.14. The molecule has 0 heterocycles. The SMILES string of the molecule is CCC/C=C(\OSC(F)(F)F)c1cc(C(=[OH+])OS(C)(=O)=O)ccc1CC. The molecule has 0 radical (unpaired) electrons. The number of aryl methyl sites for hydroxylation is 1. The minimum Gasteiger partial charge on any atom is -0.417 e. The van der Waals surface area contributed by atoms with Gasteiger partial charge in [0, 0.05) is 5.56 Å². The first kappa shape index (κ1) is 22.4. The molecule has 0 saturated carbocycles. The van der Waals surface area contributed by atoms with Crippen molar-refractivity contribution in [2.75, 3.05) is 6.26 Å². The molecule has 0 aliphatic carbocycles. The lowest BCUT2D eigenvalue weighted by atomic mass is 10.00. The van der Waals surface area contributed by atoms with Crippen molar-refractivity contribution in [1.29, 1.82) is 0 Å². The molecule has 10 heteroatoms. The Morgan fingerprint density at radius 3 is 2.46 bits per heavy atom. The normalized spacial score (nSPS) is 12.8. The predicted octanol–water partition coefficient (Wildman–Crippen LogP) is 4.40. The first-order valence-corrected chi connectivity index (χ1v) is 10.2. The third-order valence-corrected chi connectivity index (χ3v) is 3.99. The van der Waals surface area contributed by atoms with Crippen LogP contribution < -0.4 is 0 Å². The molecule has 26 heavy (non-hydrogen) atoms. The van der Waals surface area contributed by atoms with Crippen LogP contribution in [0, 0.1) is 0 Å². The second kappa shape index (κ2) is 9.31. The number of rotatable bonds is 8. The van der Waals surface area contributed by atoms with Crippen molar-refractivity contribution in [2.45, 2.75) is 38.6 Å². The number of benzene rings is 1. The molecule has 0 spiro atoms. The topological polar surface area (TPSA) is 74.0 Å². The van der Waals surface area contributed by atoms with E-state index in [4.69, 9.17) is 4.18 Å². The number of alkyl halides is 3. The number of hydrogen-bond donors (Lipinski definition) is 0. The smallest absolute Gasteiger partial charge is 0.417 e. The van der Waals surface area contributed by atoms with Gasteiger partial charge in [-0.15, -0.1) is 0 Å². The van der Waals surface area contributed by atoms with Crippen molar-refractivity contribution < 1.29 is 34.7 Å². The van der Waals surface area contributed by atoms with Crippen molar-refractivity contribution in [3.8, 4) is 0 Å². The Morgan fingerprint density at radius 1 is 1.31 bits per heavy atom. The summed E-state index contributed by atoms with van der Waals surface area (Å²) in [6.07, 6.45) is 3.95. The van der Waals surface area contributed by atoms with Gasteiger partial charge in [0.25, 0.3) is 0 Å². The van der Waals surface area contributed by atoms with Crippen molar-refractivity contribution >= 4 is 33.9 Å². The molecule has 0 amide bonds. The summed E-state index contributed by atoms with van der Waals surface area (Å²) in [7, 11) is -3.95. The van der Waals surface area contributed by atoms with Gasteiger partial charge in [0.1, 0.15) is 17.6 Å². The van der Waals surface area contributed by atoms with Crippen LogP contribution in [0.15, 0.2) is 24.3 Å². The number of allylic oxidation sites excluding steroid dienone is 1. The van der Waals surface area contributed by atoms with Crippen LogP contribution in [0.2, 0.25) is 0 Å². The van der Waals surface area contributed by atoms with E-state index in [0.29, 0.717) is 30.4 Å². The van der Waals surface area contributed by atoms with Gasteiger partial charge in [-0.1, -0.05) is 26.3 Å². The molecule has 0 saturated heterocycles. The third-order valence-electron chi connectivity index (χ3n) is 3.08. The van der Waals surface area contributed by atoms with Gasteiger partial charge in [-0.05, 0) is 36.6 Å². The molecule has 0 bridgehead atoms. The van der Waals surface area contributed by atoms with Crippen LogP contribution in [0.4, 0.5) is 13.2 Å². The summed E-state index contributed by atoms with van der Waals surface area (Å²) in [6, 6.07) is 4.31. The summed E-state index contributed by atoms with van der Waals surface area (Å²) in [5, 5.41) is 0. The maximum absolute atomic E-state index is 12.5. The summed E-state index contributed by atoms with van der Waals surface area (Å²) in [6.45, 7) is 3.67. The van der Waals surface area contributed by atoms with Crippen molar-refractivity contribution in [1.82, 2.24) is 0 Å². The first-order chi connectivity index (χ1) is 12.0. The van der Waals surface area contributed by atoms with E-state index in [1.165, 1.54) is 18.2 Å². The van der Waals surface area contributed by atoms with Crippen LogP contribution in [-0.2, 0) is 24.9 Å². The Kier molecular flexibility index (Phi) is 8.01. The molecular formula is C16H20F3O5S2+. The monoisotopic (exact) mass is 413 g/mol. The second-order valence-electron chi connectivity index (χ2n) is 5.29. The average molecular weight is 413 g/mol. The molecule has 1 aromatic carbocycles. The number of carbonyl (C=O) groups excluding carboxylic acids is 1. The fraction of sp³-hybridized carbons (Fsp3) is 0.438. The Balaban J connectivity index is 3.30. The highest BCUT2D eigenvalue weighted by molar-refractivity contribution is 7.95. The zero-order chi connectivity index (χ0) is 20.0. The van der Waals surface area contributed by atoms with Crippen LogP contribution in [0.25, 0.3) is 5.76 Å². The average Bonchev–Trinajstić information content (AvgIpc) is 2.52. The molecule has 0 aliphatic heterocycles. The Hall–Kier alpha value is -1.68. The van der Waals surface area contributed by atoms with E-state index in [1.54, 1.807) is 6.07 Å². The molecule has 146 valence electrons. The zero-order valence-corrected chi connectivity index (χ0v) is 16.1. The van der Waals surface area contributed by atoms with Crippen LogP contribution >= 0.6 is 12.0 Å². The molecule has 1 aromatic rings. The van der Waals surface area contributed by atoms with Gasteiger partial charge in [0.15, 0.2) is 12.0 Å². The molecule has 0 aromatic heterocycles.